The first-order valence-corrected chi connectivity index (χ1v) is 7.65. The van der Waals surface area contributed by atoms with Crippen LogP contribution in [0.5, 0.6) is 0 Å². The Hall–Kier alpha value is -1.55. The summed E-state index contributed by atoms with van der Waals surface area (Å²) < 4.78 is 0. The standard InChI is InChI=1S/C17H20ClN3/c18-15-5-2-4-14(10-15)17-11-20-7-8-21(17)12-13-3-1-6-16(19)9-13/h1-6,9-10,17,20H,7-8,11-12,19H2. The summed E-state index contributed by atoms with van der Waals surface area (Å²) in [5.41, 5.74) is 9.22. The molecule has 110 valence electrons. The Morgan fingerprint density at radius 2 is 2.05 bits per heavy atom. The smallest absolute Gasteiger partial charge is 0.0477 e. The predicted octanol–water partition coefficient (Wildman–Crippen LogP) is 3.07. The SMILES string of the molecule is Nc1cccc(CN2CCNCC2c2cccc(Cl)c2)c1. The molecule has 1 atom stereocenters. The van der Waals surface area contributed by atoms with E-state index in [-0.39, 0.29) is 0 Å². The fourth-order valence-corrected chi connectivity index (χ4v) is 3.10. The van der Waals surface area contributed by atoms with Crippen molar-refractivity contribution in [1.29, 1.82) is 0 Å². The molecule has 0 amide bonds. The molecule has 1 heterocycles. The number of nitrogens with one attached hydrogen (secondary N) is 1. The number of benzene rings is 2. The van der Waals surface area contributed by atoms with Crippen LogP contribution < -0.4 is 11.1 Å². The van der Waals surface area contributed by atoms with E-state index in [1.165, 1.54) is 11.1 Å². The number of nitrogen functional groups attached to an aromatic ring is 1. The van der Waals surface area contributed by atoms with E-state index >= 15 is 0 Å². The van der Waals surface area contributed by atoms with Crippen LogP contribution in [0.1, 0.15) is 17.2 Å². The fraction of sp³-hybridized carbons (Fsp3) is 0.294. The highest BCUT2D eigenvalue weighted by Crippen LogP contribution is 2.26. The van der Waals surface area contributed by atoms with Crippen LogP contribution in [0.4, 0.5) is 5.69 Å². The lowest BCUT2D eigenvalue weighted by atomic mass is 10.0. The van der Waals surface area contributed by atoms with Gasteiger partial charge >= 0.3 is 0 Å². The van der Waals surface area contributed by atoms with E-state index in [4.69, 9.17) is 17.3 Å². The Kier molecular flexibility index (Phi) is 4.44. The first kappa shape index (κ1) is 14.4. The van der Waals surface area contributed by atoms with Gasteiger partial charge in [0.25, 0.3) is 0 Å². The van der Waals surface area contributed by atoms with Crippen molar-refractivity contribution in [3.05, 3.63) is 64.7 Å². The molecule has 4 heteroatoms. The lowest BCUT2D eigenvalue weighted by molar-refractivity contribution is 0.154. The van der Waals surface area contributed by atoms with Gasteiger partial charge in [-0.2, -0.15) is 0 Å². The summed E-state index contributed by atoms with van der Waals surface area (Å²) >= 11 is 6.14. The third-order valence-corrected chi connectivity index (χ3v) is 4.16. The normalized spacial score (nSPS) is 19.6. The summed E-state index contributed by atoms with van der Waals surface area (Å²) in [5, 5.41) is 4.26. The summed E-state index contributed by atoms with van der Waals surface area (Å²) in [6.45, 7) is 3.89. The molecule has 3 N–H and O–H groups in total. The van der Waals surface area contributed by atoms with Gasteiger partial charge in [0.1, 0.15) is 0 Å². The zero-order chi connectivity index (χ0) is 14.7. The quantitative estimate of drug-likeness (QED) is 0.856. The van der Waals surface area contributed by atoms with Crippen molar-refractivity contribution in [3.63, 3.8) is 0 Å². The second-order valence-electron chi connectivity index (χ2n) is 5.49. The van der Waals surface area contributed by atoms with E-state index in [9.17, 15) is 0 Å². The molecule has 0 bridgehead atoms. The molecular weight excluding hydrogens is 282 g/mol. The molecule has 1 aliphatic rings. The molecule has 0 aliphatic carbocycles. The van der Waals surface area contributed by atoms with Gasteiger partial charge < -0.3 is 11.1 Å². The Bertz CT molecular complexity index is 614. The van der Waals surface area contributed by atoms with Crippen molar-refractivity contribution >= 4 is 17.3 Å². The number of hydrogen-bond donors (Lipinski definition) is 2. The van der Waals surface area contributed by atoms with Crippen LogP contribution in [0.25, 0.3) is 0 Å². The molecule has 1 fully saturated rings. The van der Waals surface area contributed by atoms with Crippen molar-refractivity contribution in [1.82, 2.24) is 10.2 Å². The Morgan fingerprint density at radius 3 is 2.86 bits per heavy atom. The Morgan fingerprint density at radius 1 is 1.19 bits per heavy atom. The third-order valence-electron chi connectivity index (χ3n) is 3.92. The number of nitrogens with zero attached hydrogens (tertiary/aromatic N) is 1. The van der Waals surface area contributed by atoms with Crippen molar-refractivity contribution in [3.8, 4) is 0 Å². The first-order valence-electron chi connectivity index (χ1n) is 7.27. The topological polar surface area (TPSA) is 41.3 Å². The number of anilines is 1. The minimum atomic E-state index is 0.346. The average molecular weight is 302 g/mol. The van der Waals surface area contributed by atoms with Gasteiger partial charge in [-0.15, -0.1) is 0 Å². The Balaban J connectivity index is 1.81. The number of nitrogens with two attached hydrogens (primary N) is 1. The number of piperazine rings is 1. The zero-order valence-electron chi connectivity index (χ0n) is 11.9. The van der Waals surface area contributed by atoms with Crippen LogP contribution in [0.2, 0.25) is 5.02 Å². The van der Waals surface area contributed by atoms with Crippen LogP contribution >= 0.6 is 11.6 Å². The molecule has 1 saturated heterocycles. The summed E-state index contributed by atoms with van der Waals surface area (Å²) in [5.74, 6) is 0. The van der Waals surface area contributed by atoms with Crippen LogP contribution in [0, 0.1) is 0 Å². The van der Waals surface area contributed by atoms with Crippen molar-refractivity contribution in [2.75, 3.05) is 25.4 Å². The fourth-order valence-electron chi connectivity index (χ4n) is 2.90. The van der Waals surface area contributed by atoms with Gasteiger partial charge in [-0.25, -0.2) is 0 Å². The molecule has 2 aromatic rings. The van der Waals surface area contributed by atoms with Crippen molar-refractivity contribution in [2.24, 2.45) is 0 Å². The maximum Gasteiger partial charge on any atom is 0.0477 e. The highest BCUT2D eigenvalue weighted by atomic mass is 35.5. The molecule has 1 unspecified atom stereocenters. The number of hydrogen-bond acceptors (Lipinski definition) is 3. The highest BCUT2D eigenvalue weighted by Gasteiger charge is 2.23. The number of rotatable bonds is 3. The molecule has 21 heavy (non-hydrogen) atoms. The van der Waals surface area contributed by atoms with Crippen LogP contribution in [0.15, 0.2) is 48.5 Å². The van der Waals surface area contributed by atoms with Gasteiger partial charge in [-0.1, -0.05) is 35.9 Å². The van der Waals surface area contributed by atoms with Crippen LogP contribution in [-0.2, 0) is 6.54 Å². The predicted molar refractivity (Wildman–Crippen MR) is 88.3 cm³/mol. The molecule has 1 aliphatic heterocycles. The molecule has 2 aromatic carbocycles. The van der Waals surface area contributed by atoms with Gasteiger partial charge in [0.15, 0.2) is 0 Å². The van der Waals surface area contributed by atoms with Crippen molar-refractivity contribution < 1.29 is 0 Å². The second-order valence-corrected chi connectivity index (χ2v) is 5.93. The maximum atomic E-state index is 6.14. The summed E-state index contributed by atoms with van der Waals surface area (Å²) in [6, 6.07) is 16.6. The lowest BCUT2D eigenvalue weighted by Gasteiger charge is -2.36. The minimum absolute atomic E-state index is 0.346. The maximum absolute atomic E-state index is 6.14. The van der Waals surface area contributed by atoms with E-state index in [1.54, 1.807) is 0 Å². The first-order chi connectivity index (χ1) is 10.2. The van der Waals surface area contributed by atoms with E-state index < -0.39 is 0 Å². The highest BCUT2D eigenvalue weighted by molar-refractivity contribution is 6.30. The summed E-state index contributed by atoms with van der Waals surface area (Å²) in [4.78, 5) is 2.48. The molecule has 0 saturated carbocycles. The second kappa shape index (κ2) is 6.48. The van der Waals surface area contributed by atoms with E-state index in [0.29, 0.717) is 6.04 Å². The van der Waals surface area contributed by atoms with E-state index in [1.807, 2.05) is 24.3 Å². The summed E-state index contributed by atoms with van der Waals surface area (Å²) in [6.07, 6.45) is 0. The molecule has 0 aromatic heterocycles. The van der Waals surface area contributed by atoms with E-state index in [0.717, 1.165) is 36.9 Å². The van der Waals surface area contributed by atoms with Gasteiger partial charge in [0.2, 0.25) is 0 Å². The zero-order valence-corrected chi connectivity index (χ0v) is 12.7. The monoisotopic (exact) mass is 301 g/mol. The largest absolute Gasteiger partial charge is 0.399 e. The average Bonchev–Trinajstić information content (AvgIpc) is 2.48. The van der Waals surface area contributed by atoms with Gasteiger partial charge in [0.05, 0.1) is 0 Å². The van der Waals surface area contributed by atoms with Crippen LogP contribution in [0.3, 0.4) is 0 Å². The third kappa shape index (κ3) is 3.56. The molecule has 3 rings (SSSR count). The lowest BCUT2D eigenvalue weighted by Crippen LogP contribution is -2.45. The minimum Gasteiger partial charge on any atom is -0.399 e. The van der Waals surface area contributed by atoms with E-state index in [2.05, 4.69) is 34.5 Å². The van der Waals surface area contributed by atoms with Gasteiger partial charge in [-0.05, 0) is 35.4 Å². The van der Waals surface area contributed by atoms with Crippen molar-refractivity contribution in [2.45, 2.75) is 12.6 Å². The van der Waals surface area contributed by atoms with Crippen LogP contribution in [-0.4, -0.2) is 24.5 Å². The summed E-state index contributed by atoms with van der Waals surface area (Å²) in [7, 11) is 0. The van der Waals surface area contributed by atoms with Gasteiger partial charge in [0, 0.05) is 42.9 Å². The molecule has 0 spiro atoms. The Labute approximate surface area is 130 Å². The molecule has 3 nitrogen and oxygen atoms in total. The van der Waals surface area contributed by atoms with Gasteiger partial charge in [-0.3, -0.25) is 4.90 Å². The number of halogens is 1. The molecular formula is C17H20ClN3. The molecule has 0 radical (unpaired) electrons.